The van der Waals surface area contributed by atoms with Crippen LogP contribution in [0.5, 0.6) is 0 Å². The number of carbonyl (C=O) groups excluding carboxylic acids is 1. The number of aromatic amines is 1. The number of hydrogen-bond acceptors (Lipinski definition) is 4. The molecule has 1 aromatic heterocycles. The normalized spacial score (nSPS) is 17.8. The highest BCUT2D eigenvalue weighted by Crippen LogP contribution is 2.19. The van der Waals surface area contributed by atoms with Gasteiger partial charge in [-0.1, -0.05) is 18.2 Å². The minimum atomic E-state index is -0.632. The van der Waals surface area contributed by atoms with Crippen molar-refractivity contribution in [2.45, 2.75) is 31.4 Å². The van der Waals surface area contributed by atoms with E-state index < -0.39 is 6.04 Å². The highest BCUT2D eigenvalue weighted by Gasteiger charge is 2.23. The average molecular weight is 288 g/mol. The first-order valence-electron chi connectivity index (χ1n) is 7.33. The maximum absolute atomic E-state index is 12.1. The van der Waals surface area contributed by atoms with Crippen LogP contribution in [0.15, 0.2) is 30.5 Å². The van der Waals surface area contributed by atoms with Crippen molar-refractivity contribution in [3.05, 3.63) is 36.0 Å². The fourth-order valence-electron chi connectivity index (χ4n) is 2.67. The molecular formula is C16H20N2O3. The topological polar surface area (TPSA) is 77.3 Å². The molecule has 0 spiro atoms. The van der Waals surface area contributed by atoms with E-state index in [4.69, 9.17) is 15.2 Å². The second-order valence-corrected chi connectivity index (χ2v) is 5.42. The number of carbonyl (C=O) groups is 1. The van der Waals surface area contributed by atoms with Gasteiger partial charge in [0.2, 0.25) is 0 Å². The zero-order valence-corrected chi connectivity index (χ0v) is 11.9. The monoisotopic (exact) mass is 288 g/mol. The van der Waals surface area contributed by atoms with E-state index in [0.29, 0.717) is 19.6 Å². The molecule has 0 saturated carbocycles. The van der Waals surface area contributed by atoms with Crippen LogP contribution in [-0.4, -0.2) is 36.3 Å². The molecule has 112 valence electrons. The number of ether oxygens (including phenoxy) is 2. The summed E-state index contributed by atoms with van der Waals surface area (Å²) < 4.78 is 10.7. The smallest absolute Gasteiger partial charge is 0.323 e. The SMILES string of the molecule is N[C@@H](Cc1c[nH]c2ccccc12)C(=O)OC1CCOCC1. The number of H-pyrrole nitrogens is 1. The van der Waals surface area contributed by atoms with E-state index in [0.717, 1.165) is 29.3 Å². The molecule has 1 aliphatic heterocycles. The van der Waals surface area contributed by atoms with E-state index >= 15 is 0 Å². The van der Waals surface area contributed by atoms with Crippen LogP contribution in [0.25, 0.3) is 10.9 Å². The van der Waals surface area contributed by atoms with Crippen molar-refractivity contribution in [3.63, 3.8) is 0 Å². The molecule has 1 aromatic carbocycles. The summed E-state index contributed by atoms with van der Waals surface area (Å²) in [5.41, 5.74) is 8.09. The van der Waals surface area contributed by atoms with Crippen molar-refractivity contribution in [1.29, 1.82) is 0 Å². The van der Waals surface area contributed by atoms with Gasteiger partial charge in [-0.15, -0.1) is 0 Å². The molecule has 0 aliphatic carbocycles. The molecule has 2 heterocycles. The molecule has 1 saturated heterocycles. The first-order valence-corrected chi connectivity index (χ1v) is 7.33. The van der Waals surface area contributed by atoms with Crippen LogP contribution in [0.1, 0.15) is 18.4 Å². The van der Waals surface area contributed by atoms with Crippen LogP contribution in [-0.2, 0) is 20.7 Å². The summed E-state index contributed by atoms with van der Waals surface area (Å²) in [7, 11) is 0. The lowest BCUT2D eigenvalue weighted by atomic mass is 10.1. The van der Waals surface area contributed by atoms with Gasteiger partial charge < -0.3 is 20.2 Å². The Morgan fingerprint density at radius 1 is 1.38 bits per heavy atom. The number of hydrogen-bond donors (Lipinski definition) is 2. The van der Waals surface area contributed by atoms with E-state index in [2.05, 4.69) is 4.98 Å². The van der Waals surface area contributed by atoms with Gasteiger partial charge in [0.05, 0.1) is 13.2 Å². The number of nitrogens with one attached hydrogen (secondary N) is 1. The van der Waals surface area contributed by atoms with E-state index in [1.807, 2.05) is 30.5 Å². The Hall–Kier alpha value is -1.85. The summed E-state index contributed by atoms with van der Waals surface area (Å²) in [5, 5.41) is 1.10. The molecule has 5 heteroatoms. The number of aromatic nitrogens is 1. The van der Waals surface area contributed by atoms with Gasteiger partial charge in [0.25, 0.3) is 0 Å². The molecule has 0 bridgehead atoms. The Balaban J connectivity index is 1.62. The minimum Gasteiger partial charge on any atom is -0.461 e. The van der Waals surface area contributed by atoms with Gasteiger partial charge in [0.15, 0.2) is 0 Å². The Morgan fingerprint density at radius 3 is 2.95 bits per heavy atom. The molecule has 21 heavy (non-hydrogen) atoms. The molecule has 1 fully saturated rings. The number of esters is 1. The highest BCUT2D eigenvalue weighted by atomic mass is 16.6. The molecule has 0 amide bonds. The first kappa shape index (κ1) is 14.1. The largest absolute Gasteiger partial charge is 0.461 e. The minimum absolute atomic E-state index is 0.0553. The number of fused-ring (bicyclic) bond motifs is 1. The fourth-order valence-corrected chi connectivity index (χ4v) is 2.67. The standard InChI is InChI=1S/C16H20N2O3/c17-14(16(19)21-12-5-7-20-8-6-12)9-11-10-18-15-4-2-1-3-13(11)15/h1-4,10,12,14,18H,5-9,17H2/t14-/m0/s1. The lowest BCUT2D eigenvalue weighted by Crippen LogP contribution is -2.38. The number of rotatable bonds is 4. The van der Waals surface area contributed by atoms with Crippen LogP contribution in [0, 0.1) is 0 Å². The summed E-state index contributed by atoms with van der Waals surface area (Å²) in [5.74, 6) is -0.327. The van der Waals surface area contributed by atoms with E-state index in [1.165, 1.54) is 0 Å². The van der Waals surface area contributed by atoms with Crippen LogP contribution >= 0.6 is 0 Å². The van der Waals surface area contributed by atoms with E-state index in [9.17, 15) is 4.79 Å². The zero-order valence-electron chi connectivity index (χ0n) is 11.9. The highest BCUT2D eigenvalue weighted by molar-refractivity contribution is 5.84. The number of para-hydroxylation sites is 1. The summed E-state index contributed by atoms with van der Waals surface area (Å²) in [6.07, 6.45) is 3.84. The van der Waals surface area contributed by atoms with Crippen molar-refractivity contribution in [1.82, 2.24) is 4.98 Å². The summed E-state index contributed by atoms with van der Waals surface area (Å²) >= 11 is 0. The van der Waals surface area contributed by atoms with Gasteiger partial charge in [-0.2, -0.15) is 0 Å². The summed E-state index contributed by atoms with van der Waals surface area (Å²) in [6.45, 7) is 1.30. The van der Waals surface area contributed by atoms with Crippen LogP contribution in [0.2, 0.25) is 0 Å². The summed E-state index contributed by atoms with van der Waals surface area (Å²) in [6, 6.07) is 7.35. The van der Waals surface area contributed by atoms with E-state index in [1.54, 1.807) is 0 Å². The molecule has 2 aromatic rings. The van der Waals surface area contributed by atoms with Crippen molar-refractivity contribution in [3.8, 4) is 0 Å². The average Bonchev–Trinajstić information content (AvgIpc) is 2.91. The molecule has 5 nitrogen and oxygen atoms in total. The molecule has 1 aliphatic rings. The number of nitrogens with two attached hydrogens (primary N) is 1. The fraction of sp³-hybridized carbons (Fsp3) is 0.438. The summed E-state index contributed by atoms with van der Waals surface area (Å²) in [4.78, 5) is 15.3. The lowest BCUT2D eigenvalue weighted by Gasteiger charge is -2.23. The molecule has 1 atom stereocenters. The van der Waals surface area contributed by atoms with Crippen molar-refractivity contribution in [2.75, 3.05) is 13.2 Å². The van der Waals surface area contributed by atoms with Crippen LogP contribution < -0.4 is 5.73 Å². The van der Waals surface area contributed by atoms with Gasteiger partial charge in [0, 0.05) is 36.4 Å². The maximum Gasteiger partial charge on any atom is 0.323 e. The van der Waals surface area contributed by atoms with Gasteiger partial charge in [-0.05, 0) is 11.6 Å². The zero-order chi connectivity index (χ0) is 14.7. The molecule has 0 radical (unpaired) electrons. The van der Waals surface area contributed by atoms with Crippen LogP contribution in [0.4, 0.5) is 0 Å². The van der Waals surface area contributed by atoms with Crippen LogP contribution in [0.3, 0.4) is 0 Å². The Labute approximate surface area is 123 Å². The molecular weight excluding hydrogens is 268 g/mol. The second kappa shape index (κ2) is 6.28. The molecule has 3 N–H and O–H groups in total. The molecule has 0 unspecified atom stereocenters. The van der Waals surface area contributed by atoms with Gasteiger partial charge in [-0.3, -0.25) is 4.79 Å². The Kier molecular flexibility index (Phi) is 4.22. The van der Waals surface area contributed by atoms with Crippen molar-refractivity contribution >= 4 is 16.9 Å². The van der Waals surface area contributed by atoms with Gasteiger partial charge in [-0.25, -0.2) is 0 Å². The third-order valence-corrected chi connectivity index (χ3v) is 3.87. The van der Waals surface area contributed by atoms with E-state index in [-0.39, 0.29) is 12.1 Å². The maximum atomic E-state index is 12.1. The third kappa shape index (κ3) is 3.25. The lowest BCUT2D eigenvalue weighted by molar-refractivity contribution is -0.154. The van der Waals surface area contributed by atoms with Gasteiger partial charge in [0.1, 0.15) is 12.1 Å². The van der Waals surface area contributed by atoms with Crippen molar-refractivity contribution in [2.24, 2.45) is 5.73 Å². The quantitative estimate of drug-likeness (QED) is 0.840. The Morgan fingerprint density at radius 2 is 2.14 bits per heavy atom. The first-order chi connectivity index (χ1) is 10.2. The molecule has 3 rings (SSSR count). The Bertz CT molecular complexity index is 617. The van der Waals surface area contributed by atoms with Crippen molar-refractivity contribution < 1.29 is 14.3 Å². The predicted octanol–water partition coefficient (Wildman–Crippen LogP) is 1.76. The van der Waals surface area contributed by atoms with Gasteiger partial charge >= 0.3 is 5.97 Å². The third-order valence-electron chi connectivity index (χ3n) is 3.87. The second-order valence-electron chi connectivity index (χ2n) is 5.42. The number of benzene rings is 1. The predicted molar refractivity (Wildman–Crippen MR) is 79.9 cm³/mol.